The highest BCUT2D eigenvalue weighted by atomic mass is 32.1. The second-order valence-electron chi connectivity index (χ2n) is 10.6. The molecule has 0 spiro atoms. The molecule has 1 aliphatic rings. The van der Waals surface area contributed by atoms with Gasteiger partial charge < -0.3 is 14.2 Å². The fraction of sp³-hybridized carbons (Fsp3) is 0.250. The molecule has 0 saturated heterocycles. The van der Waals surface area contributed by atoms with Crippen LogP contribution in [0.2, 0.25) is 0 Å². The summed E-state index contributed by atoms with van der Waals surface area (Å²) in [7, 11) is 0. The standard InChI is InChI=1S/C36H35FN2O5S/c1-6-9-27-18-25(19-29(42-7-2)33(27)44-21-24-12-16-28(37)17-13-24)20-30-34(40)39-32(26-14-10-22(4)11-15-26)31(35(41)43-8-3)23(5)38-36(39)45-30/h6,10-20,32H,1,7-9,21H2,2-5H3/b30-20+/t32-/m0/s1. The molecule has 1 atom stereocenters. The van der Waals surface area contributed by atoms with Crippen molar-refractivity contribution in [3.8, 4) is 11.5 Å². The van der Waals surface area contributed by atoms with Gasteiger partial charge in [0, 0.05) is 5.56 Å². The Kier molecular flexibility index (Phi) is 9.78. The summed E-state index contributed by atoms with van der Waals surface area (Å²) in [5.74, 6) is 0.281. The maximum Gasteiger partial charge on any atom is 0.338 e. The maximum atomic E-state index is 14.1. The van der Waals surface area contributed by atoms with Gasteiger partial charge in [-0.2, -0.15) is 0 Å². The van der Waals surface area contributed by atoms with Crippen molar-refractivity contribution in [3.05, 3.63) is 138 Å². The average Bonchev–Trinajstić information content (AvgIpc) is 3.31. The number of hydrogen-bond donors (Lipinski definition) is 0. The Morgan fingerprint density at radius 3 is 2.44 bits per heavy atom. The molecule has 7 nitrogen and oxygen atoms in total. The minimum Gasteiger partial charge on any atom is -0.490 e. The Bertz CT molecular complexity index is 1940. The Labute approximate surface area is 265 Å². The van der Waals surface area contributed by atoms with Crippen molar-refractivity contribution < 1.29 is 23.4 Å². The lowest BCUT2D eigenvalue weighted by atomic mass is 9.95. The molecule has 0 bridgehead atoms. The number of benzene rings is 3. The lowest BCUT2D eigenvalue weighted by molar-refractivity contribution is -0.139. The van der Waals surface area contributed by atoms with Gasteiger partial charge in [0.1, 0.15) is 12.4 Å². The van der Waals surface area contributed by atoms with Crippen molar-refractivity contribution in [2.45, 2.75) is 46.8 Å². The second kappa shape index (κ2) is 13.9. The molecule has 232 valence electrons. The zero-order chi connectivity index (χ0) is 32.1. The van der Waals surface area contributed by atoms with Crippen LogP contribution in [0.25, 0.3) is 6.08 Å². The van der Waals surface area contributed by atoms with Crippen molar-refractivity contribution >= 4 is 23.4 Å². The molecule has 0 aliphatic carbocycles. The number of allylic oxidation sites excluding steroid dienone is 2. The van der Waals surface area contributed by atoms with Gasteiger partial charge in [0.25, 0.3) is 5.56 Å². The summed E-state index contributed by atoms with van der Waals surface area (Å²) in [6.07, 6.45) is 4.07. The maximum absolute atomic E-state index is 14.1. The molecule has 0 amide bonds. The van der Waals surface area contributed by atoms with E-state index in [0.717, 1.165) is 27.8 Å². The highest BCUT2D eigenvalue weighted by Crippen LogP contribution is 2.35. The summed E-state index contributed by atoms with van der Waals surface area (Å²) in [6.45, 7) is 12.1. The van der Waals surface area contributed by atoms with E-state index in [0.29, 0.717) is 45.1 Å². The summed E-state index contributed by atoms with van der Waals surface area (Å²) in [6, 6.07) is 17.0. The van der Waals surface area contributed by atoms with Crippen molar-refractivity contribution in [3.63, 3.8) is 0 Å². The smallest absolute Gasteiger partial charge is 0.338 e. The Morgan fingerprint density at radius 1 is 1.04 bits per heavy atom. The van der Waals surface area contributed by atoms with Gasteiger partial charge >= 0.3 is 5.97 Å². The van der Waals surface area contributed by atoms with Crippen LogP contribution in [0.15, 0.2) is 94.4 Å². The number of esters is 1. The average molecular weight is 627 g/mol. The van der Waals surface area contributed by atoms with Gasteiger partial charge in [0.15, 0.2) is 16.3 Å². The van der Waals surface area contributed by atoms with Crippen LogP contribution in [0.3, 0.4) is 0 Å². The van der Waals surface area contributed by atoms with Gasteiger partial charge in [-0.1, -0.05) is 59.4 Å². The van der Waals surface area contributed by atoms with Crippen LogP contribution in [-0.2, 0) is 22.6 Å². The molecule has 5 rings (SSSR count). The minimum atomic E-state index is -0.680. The molecule has 0 fully saturated rings. The fourth-order valence-electron chi connectivity index (χ4n) is 5.24. The largest absolute Gasteiger partial charge is 0.490 e. The van der Waals surface area contributed by atoms with E-state index < -0.39 is 12.0 Å². The van der Waals surface area contributed by atoms with Crippen molar-refractivity contribution in [1.82, 2.24) is 4.57 Å². The van der Waals surface area contributed by atoms with Crippen molar-refractivity contribution in [2.24, 2.45) is 4.99 Å². The number of carbonyl (C=O) groups excluding carboxylic acids is 1. The molecule has 0 radical (unpaired) electrons. The topological polar surface area (TPSA) is 79.1 Å². The SMILES string of the molecule is C=CCc1cc(/C=c2/sc3n(c2=O)[C@@H](c2ccc(C)cc2)C(C(=O)OCC)=C(C)N=3)cc(OCC)c1OCc1ccc(F)cc1. The minimum absolute atomic E-state index is 0.208. The molecule has 1 aliphatic heterocycles. The summed E-state index contributed by atoms with van der Waals surface area (Å²) in [4.78, 5) is 32.4. The summed E-state index contributed by atoms with van der Waals surface area (Å²) < 4.78 is 33.0. The molecule has 2 heterocycles. The second-order valence-corrected chi connectivity index (χ2v) is 11.6. The molecule has 1 aromatic heterocycles. The first-order chi connectivity index (χ1) is 21.7. The van der Waals surface area contributed by atoms with Crippen LogP contribution in [0, 0.1) is 12.7 Å². The van der Waals surface area contributed by atoms with Gasteiger partial charge in [0.05, 0.1) is 35.1 Å². The number of hydrogen-bond acceptors (Lipinski definition) is 7. The van der Waals surface area contributed by atoms with E-state index in [1.54, 1.807) is 42.7 Å². The van der Waals surface area contributed by atoms with Gasteiger partial charge in [-0.25, -0.2) is 14.2 Å². The zero-order valence-electron chi connectivity index (χ0n) is 25.8. The van der Waals surface area contributed by atoms with Crippen LogP contribution in [-0.4, -0.2) is 23.8 Å². The lowest BCUT2D eigenvalue weighted by Gasteiger charge is -2.24. The van der Waals surface area contributed by atoms with Gasteiger partial charge in [-0.3, -0.25) is 9.36 Å². The number of nitrogens with zero attached hydrogens (tertiary/aromatic N) is 2. The number of rotatable bonds is 11. The highest BCUT2D eigenvalue weighted by molar-refractivity contribution is 7.07. The quantitative estimate of drug-likeness (QED) is 0.152. The molecule has 45 heavy (non-hydrogen) atoms. The van der Waals surface area contributed by atoms with Crippen molar-refractivity contribution in [2.75, 3.05) is 13.2 Å². The Morgan fingerprint density at radius 2 is 1.78 bits per heavy atom. The van der Waals surface area contributed by atoms with Gasteiger partial charge in [0.2, 0.25) is 0 Å². The molecule has 3 aromatic carbocycles. The third-order valence-corrected chi connectivity index (χ3v) is 8.31. The van der Waals surface area contributed by atoms with Crippen LogP contribution < -0.4 is 24.4 Å². The predicted molar refractivity (Wildman–Crippen MR) is 174 cm³/mol. The molecule has 9 heteroatoms. The van der Waals surface area contributed by atoms with Crippen LogP contribution >= 0.6 is 11.3 Å². The number of thiazole rings is 1. The normalized spacial score (nSPS) is 14.5. The summed E-state index contributed by atoms with van der Waals surface area (Å²) in [5.41, 5.74) is 4.83. The highest BCUT2D eigenvalue weighted by Gasteiger charge is 2.33. The molecule has 4 aromatic rings. The fourth-order valence-corrected chi connectivity index (χ4v) is 6.29. The van der Waals surface area contributed by atoms with Crippen LogP contribution in [0.4, 0.5) is 4.39 Å². The van der Waals surface area contributed by atoms with Crippen molar-refractivity contribution in [1.29, 1.82) is 0 Å². The van der Waals surface area contributed by atoms with Crippen LogP contribution in [0.1, 0.15) is 54.6 Å². The first kappa shape index (κ1) is 31.7. The van der Waals surface area contributed by atoms with E-state index in [4.69, 9.17) is 14.2 Å². The third-order valence-electron chi connectivity index (χ3n) is 7.32. The van der Waals surface area contributed by atoms with Gasteiger partial charge in [-0.15, -0.1) is 6.58 Å². The first-order valence-electron chi connectivity index (χ1n) is 14.8. The summed E-state index contributed by atoms with van der Waals surface area (Å²) >= 11 is 1.26. The number of aryl methyl sites for hydroxylation is 1. The molecular formula is C36H35FN2O5S. The lowest BCUT2D eigenvalue weighted by Crippen LogP contribution is -2.39. The monoisotopic (exact) mass is 626 g/mol. The van der Waals surface area contributed by atoms with E-state index in [1.807, 2.05) is 50.2 Å². The zero-order valence-corrected chi connectivity index (χ0v) is 26.6. The molecule has 0 unspecified atom stereocenters. The number of halogens is 1. The number of ether oxygens (including phenoxy) is 3. The Hall–Kier alpha value is -4.76. The predicted octanol–water partition coefficient (Wildman–Crippen LogP) is 5.95. The van der Waals surface area contributed by atoms with Crippen LogP contribution in [0.5, 0.6) is 11.5 Å². The summed E-state index contributed by atoms with van der Waals surface area (Å²) in [5, 5.41) is 0. The van der Waals surface area contributed by atoms with E-state index >= 15 is 0 Å². The molecular weight excluding hydrogens is 591 g/mol. The van der Waals surface area contributed by atoms with E-state index in [1.165, 1.54) is 23.5 Å². The van der Waals surface area contributed by atoms with Gasteiger partial charge in [-0.05, 0) is 81.1 Å². The Balaban J connectivity index is 1.62. The number of fused-ring (bicyclic) bond motifs is 1. The molecule has 0 N–H and O–H groups in total. The number of carbonyl (C=O) groups is 1. The first-order valence-corrected chi connectivity index (χ1v) is 15.6. The van der Waals surface area contributed by atoms with E-state index in [9.17, 15) is 14.0 Å². The number of aromatic nitrogens is 1. The molecule has 0 saturated carbocycles. The third kappa shape index (κ3) is 6.83. The van der Waals surface area contributed by atoms with E-state index in [-0.39, 0.29) is 24.6 Å². The van der Waals surface area contributed by atoms with E-state index in [2.05, 4.69) is 11.6 Å².